The standard InChI is InChI=1S/C13H14Br2N2O2S2/c14-12-7-10(20-13(12)15)8-17-6-5-9-1-3-11(4-2-9)21(16,18)19/h1-4,7,17H,5-6,8H2,(H2,16,18,19). The molecule has 1 heterocycles. The Morgan fingerprint density at radius 1 is 1.19 bits per heavy atom. The molecule has 3 N–H and O–H groups in total. The third-order valence-corrected chi connectivity index (χ3v) is 7.02. The van der Waals surface area contributed by atoms with Crippen LogP contribution < -0.4 is 10.5 Å². The van der Waals surface area contributed by atoms with E-state index in [0.29, 0.717) is 0 Å². The summed E-state index contributed by atoms with van der Waals surface area (Å²) < 4.78 is 24.5. The van der Waals surface area contributed by atoms with Crippen molar-refractivity contribution >= 4 is 53.2 Å². The highest BCUT2D eigenvalue weighted by Crippen LogP contribution is 2.32. The number of hydrogen-bond donors (Lipinski definition) is 2. The minimum absolute atomic E-state index is 0.146. The van der Waals surface area contributed by atoms with E-state index in [2.05, 4.69) is 43.2 Å². The van der Waals surface area contributed by atoms with Gasteiger partial charge >= 0.3 is 0 Å². The van der Waals surface area contributed by atoms with E-state index in [-0.39, 0.29) is 4.90 Å². The molecule has 0 aliphatic rings. The summed E-state index contributed by atoms with van der Waals surface area (Å²) in [5.41, 5.74) is 1.07. The molecule has 2 rings (SSSR count). The fraction of sp³-hybridized carbons (Fsp3) is 0.231. The minimum atomic E-state index is -3.61. The van der Waals surface area contributed by atoms with Crippen molar-refractivity contribution in [1.82, 2.24) is 5.32 Å². The van der Waals surface area contributed by atoms with Crippen molar-refractivity contribution in [2.75, 3.05) is 6.54 Å². The number of primary sulfonamides is 1. The second-order valence-electron chi connectivity index (χ2n) is 4.45. The summed E-state index contributed by atoms with van der Waals surface area (Å²) in [6.07, 6.45) is 0.832. The molecule has 0 saturated carbocycles. The smallest absolute Gasteiger partial charge is 0.238 e. The zero-order valence-electron chi connectivity index (χ0n) is 11.0. The SMILES string of the molecule is NS(=O)(=O)c1ccc(CCNCc2cc(Br)c(Br)s2)cc1. The minimum Gasteiger partial charge on any atom is -0.312 e. The molecule has 4 nitrogen and oxygen atoms in total. The molecule has 1 aromatic carbocycles. The molecule has 114 valence electrons. The fourth-order valence-corrected chi connectivity index (χ4v) is 4.43. The molecule has 0 unspecified atom stereocenters. The van der Waals surface area contributed by atoms with Crippen molar-refractivity contribution in [3.63, 3.8) is 0 Å². The topological polar surface area (TPSA) is 72.2 Å². The summed E-state index contributed by atoms with van der Waals surface area (Å²) in [6, 6.07) is 8.75. The van der Waals surface area contributed by atoms with Gasteiger partial charge in [0.15, 0.2) is 0 Å². The molecule has 0 radical (unpaired) electrons. The van der Waals surface area contributed by atoms with Crippen LogP contribution in [-0.4, -0.2) is 15.0 Å². The van der Waals surface area contributed by atoms with E-state index in [1.807, 2.05) is 0 Å². The lowest BCUT2D eigenvalue weighted by atomic mass is 10.1. The molecule has 0 aliphatic heterocycles. The van der Waals surface area contributed by atoms with Crippen molar-refractivity contribution in [1.29, 1.82) is 0 Å². The number of rotatable bonds is 6. The Bertz CT molecular complexity index is 693. The molecule has 21 heavy (non-hydrogen) atoms. The van der Waals surface area contributed by atoms with Crippen molar-refractivity contribution in [3.05, 3.63) is 49.0 Å². The number of nitrogens with one attached hydrogen (secondary N) is 1. The lowest BCUT2D eigenvalue weighted by Crippen LogP contribution is -2.16. The predicted molar refractivity (Wildman–Crippen MR) is 92.9 cm³/mol. The second-order valence-corrected chi connectivity index (χ2v) is 9.32. The molecule has 0 bridgehead atoms. The first-order valence-electron chi connectivity index (χ1n) is 6.12. The molecule has 0 atom stereocenters. The maximum atomic E-state index is 11.1. The quantitative estimate of drug-likeness (QED) is 0.659. The van der Waals surface area contributed by atoms with Gasteiger partial charge in [0.25, 0.3) is 0 Å². The maximum absolute atomic E-state index is 11.1. The monoisotopic (exact) mass is 452 g/mol. The van der Waals surface area contributed by atoms with Crippen LogP contribution >= 0.6 is 43.2 Å². The van der Waals surface area contributed by atoms with Crippen LogP contribution in [0.25, 0.3) is 0 Å². The molecular weight excluding hydrogens is 440 g/mol. The van der Waals surface area contributed by atoms with Gasteiger partial charge in [-0.3, -0.25) is 0 Å². The van der Waals surface area contributed by atoms with E-state index in [1.165, 1.54) is 17.0 Å². The second kappa shape index (κ2) is 7.34. The van der Waals surface area contributed by atoms with Crippen molar-refractivity contribution in [2.45, 2.75) is 17.9 Å². The normalized spacial score (nSPS) is 11.8. The summed E-state index contributed by atoms with van der Waals surface area (Å²) in [7, 11) is -3.61. The number of benzene rings is 1. The van der Waals surface area contributed by atoms with E-state index in [1.54, 1.807) is 23.5 Å². The molecule has 0 spiro atoms. The highest BCUT2D eigenvalue weighted by molar-refractivity contribution is 9.13. The number of sulfonamides is 1. The lowest BCUT2D eigenvalue weighted by Gasteiger charge is -2.04. The summed E-state index contributed by atoms with van der Waals surface area (Å²) in [6.45, 7) is 1.63. The van der Waals surface area contributed by atoms with Gasteiger partial charge in [-0.25, -0.2) is 13.6 Å². The molecule has 2 aromatic rings. The van der Waals surface area contributed by atoms with Gasteiger partial charge in [0, 0.05) is 15.9 Å². The Morgan fingerprint density at radius 3 is 2.38 bits per heavy atom. The average Bonchev–Trinajstić information content (AvgIpc) is 2.73. The van der Waals surface area contributed by atoms with E-state index in [0.717, 1.165) is 33.3 Å². The van der Waals surface area contributed by atoms with Crippen LogP contribution in [0.3, 0.4) is 0 Å². The zero-order chi connectivity index (χ0) is 15.5. The van der Waals surface area contributed by atoms with Crippen molar-refractivity contribution in [2.24, 2.45) is 5.14 Å². The van der Waals surface area contributed by atoms with Crippen LogP contribution in [0.1, 0.15) is 10.4 Å². The van der Waals surface area contributed by atoms with Gasteiger partial charge in [-0.2, -0.15) is 0 Å². The third kappa shape index (κ3) is 5.15. The Morgan fingerprint density at radius 2 is 1.86 bits per heavy atom. The first kappa shape index (κ1) is 17.1. The van der Waals surface area contributed by atoms with Gasteiger partial charge in [-0.05, 0) is 68.6 Å². The largest absolute Gasteiger partial charge is 0.312 e. The average molecular weight is 454 g/mol. The van der Waals surface area contributed by atoms with Gasteiger partial charge in [0.2, 0.25) is 10.0 Å². The van der Waals surface area contributed by atoms with Crippen LogP contribution in [0.2, 0.25) is 0 Å². The van der Waals surface area contributed by atoms with Gasteiger partial charge in [-0.1, -0.05) is 12.1 Å². The molecule has 1 aromatic heterocycles. The molecule has 0 saturated heterocycles. The summed E-state index contributed by atoms with van der Waals surface area (Å²) in [5, 5.41) is 8.42. The van der Waals surface area contributed by atoms with E-state index in [4.69, 9.17) is 5.14 Å². The van der Waals surface area contributed by atoms with Crippen LogP contribution in [0.5, 0.6) is 0 Å². The van der Waals surface area contributed by atoms with Crippen LogP contribution in [0, 0.1) is 0 Å². The number of nitrogens with two attached hydrogens (primary N) is 1. The summed E-state index contributed by atoms with van der Waals surface area (Å²) in [4.78, 5) is 1.39. The predicted octanol–water partition coefficient (Wildman–Crippen LogP) is 3.25. The van der Waals surface area contributed by atoms with E-state index in [9.17, 15) is 8.42 Å². The molecular formula is C13H14Br2N2O2S2. The number of halogens is 2. The van der Waals surface area contributed by atoms with Gasteiger partial charge < -0.3 is 5.32 Å². The maximum Gasteiger partial charge on any atom is 0.238 e. The lowest BCUT2D eigenvalue weighted by molar-refractivity contribution is 0.597. The van der Waals surface area contributed by atoms with Crippen LogP contribution in [0.15, 0.2) is 43.5 Å². The first-order valence-corrected chi connectivity index (χ1v) is 10.1. The number of hydrogen-bond acceptors (Lipinski definition) is 4. The Balaban J connectivity index is 1.81. The van der Waals surface area contributed by atoms with Gasteiger partial charge in [0.1, 0.15) is 0 Å². The number of thiophene rings is 1. The van der Waals surface area contributed by atoms with Gasteiger partial charge in [-0.15, -0.1) is 11.3 Å². The van der Waals surface area contributed by atoms with Crippen LogP contribution in [0.4, 0.5) is 0 Å². The van der Waals surface area contributed by atoms with Crippen LogP contribution in [-0.2, 0) is 23.0 Å². The third-order valence-electron chi connectivity index (χ3n) is 2.84. The summed E-state index contributed by atoms with van der Waals surface area (Å²) in [5.74, 6) is 0. The fourth-order valence-electron chi connectivity index (χ4n) is 1.77. The Kier molecular flexibility index (Phi) is 5.98. The van der Waals surface area contributed by atoms with Gasteiger partial charge in [0.05, 0.1) is 8.68 Å². The van der Waals surface area contributed by atoms with Crippen molar-refractivity contribution in [3.8, 4) is 0 Å². The summed E-state index contributed by atoms with van der Waals surface area (Å²) >= 11 is 8.62. The Labute approximate surface area is 145 Å². The zero-order valence-corrected chi connectivity index (χ0v) is 15.8. The van der Waals surface area contributed by atoms with Crippen molar-refractivity contribution < 1.29 is 8.42 Å². The highest BCUT2D eigenvalue weighted by atomic mass is 79.9. The Hall–Kier alpha value is -0.250. The highest BCUT2D eigenvalue weighted by Gasteiger charge is 2.07. The molecule has 0 fully saturated rings. The molecule has 0 amide bonds. The van der Waals surface area contributed by atoms with E-state index >= 15 is 0 Å². The van der Waals surface area contributed by atoms with E-state index < -0.39 is 10.0 Å². The first-order chi connectivity index (χ1) is 9.86. The molecule has 8 heteroatoms. The molecule has 0 aliphatic carbocycles.